The van der Waals surface area contributed by atoms with Crippen LogP contribution in [-0.2, 0) is 11.2 Å². The molecule has 0 aliphatic heterocycles. The van der Waals surface area contributed by atoms with Crippen molar-refractivity contribution in [1.29, 1.82) is 5.26 Å². The van der Waals surface area contributed by atoms with Gasteiger partial charge in [-0.2, -0.15) is 5.26 Å². The number of nitrogens with one attached hydrogen (secondary N) is 1. The Bertz CT molecular complexity index is 814. The van der Waals surface area contributed by atoms with Crippen LogP contribution >= 0.6 is 0 Å². The van der Waals surface area contributed by atoms with E-state index in [1.165, 1.54) is 0 Å². The highest BCUT2D eigenvalue weighted by Crippen LogP contribution is 2.10. The van der Waals surface area contributed by atoms with Gasteiger partial charge < -0.3 is 11.1 Å². The van der Waals surface area contributed by atoms with Gasteiger partial charge in [0.2, 0.25) is 5.91 Å². The topological polar surface area (TPSA) is 96.0 Å². The maximum atomic E-state index is 13.2. The van der Waals surface area contributed by atoms with Crippen LogP contribution in [0.3, 0.4) is 0 Å². The number of nitriles is 1. The zero-order chi connectivity index (χ0) is 17.7. The van der Waals surface area contributed by atoms with Crippen LogP contribution in [0, 0.1) is 23.0 Å². The lowest BCUT2D eigenvalue weighted by molar-refractivity contribution is -0.119. The Morgan fingerprint density at radius 2 is 1.79 bits per heavy atom. The number of hydrogen-bond acceptors (Lipinski definition) is 3. The molecule has 122 valence electrons. The van der Waals surface area contributed by atoms with E-state index in [-0.39, 0.29) is 12.0 Å². The van der Waals surface area contributed by atoms with Crippen LogP contribution in [-0.4, -0.2) is 17.9 Å². The number of carbonyl (C=O) groups excluding carboxylic acids is 2. The molecule has 0 bridgehead atoms. The molecule has 0 heterocycles. The van der Waals surface area contributed by atoms with E-state index in [9.17, 15) is 18.4 Å². The molecule has 2 rings (SSSR count). The summed E-state index contributed by atoms with van der Waals surface area (Å²) in [6.45, 7) is 0. The Morgan fingerprint density at radius 1 is 1.12 bits per heavy atom. The molecule has 3 N–H and O–H groups in total. The van der Waals surface area contributed by atoms with E-state index >= 15 is 0 Å². The molecule has 7 heteroatoms. The summed E-state index contributed by atoms with van der Waals surface area (Å²) in [5.74, 6) is -3.75. The molecule has 2 amide bonds. The molecule has 0 aliphatic rings. The second kappa shape index (κ2) is 7.33. The molecule has 2 aromatic carbocycles. The van der Waals surface area contributed by atoms with E-state index in [0.29, 0.717) is 11.1 Å². The molecule has 0 saturated heterocycles. The van der Waals surface area contributed by atoms with E-state index in [4.69, 9.17) is 11.0 Å². The number of nitrogens with zero attached hydrogens (tertiary/aromatic N) is 1. The predicted octanol–water partition coefficient (Wildman–Crippen LogP) is 1.66. The van der Waals surface area contributed by atoms with Crippen LogP contribution in [0.4, 0.5) is 8.78 Å². The van der Waals surface area contributed by atoms with Crippen molar-refractivity contribution in [1.82, 2.24) is 5.32 Å². The lowest BCUT2D eigenvalue weighted by atomic mass is 10.0. The number of carbonyl (C=O) groups is 2. The zero-order valence-corrected chi connectivity index (χ0v) is 12.4. The van der Waals surface area contributed by atoms with Crippen molar-refractivity contribution in [2.45, 2.75) is 12.5 Å². The summed E-state index contributed by atoms with van der Waals surface area (Å²) < 4.78 is 26.1. The number of amides is 2. The van der Waals surface area contributed by atoms with Gasteiger partial charge in [-0.25, -0.2) is 8.78 Å². The number of primary amides is 1. The predicted molar refractivity (Wildman–Crippen MR) is 81.7 cm³/mol. The number of hydrogen-bond donors (Lipinski definition) is 2. The Labute approximate surface area is 136 Å². The molecule has 0 unspecified atom stereocenters. The van der Waals surface area contributed by atoms with Gasteiger partial charge in [-0.1, -0.05) is 12.1 Å². The Morgan fingerprint density at radius 3 is 2.33 bits per heavy atom. The van der Waals surface area contributed by atoms with Gasteiger partial charge in [0, 0.05) is 12.0 Å². The summed E-state index contributed by atoms with van der Waals surface area (Å²) >= 11 is 0. The molecule has 0 fully saturated rings. The average molecular weight is 329 g/mol. The first-order valence-corrected chi connectivity index (χ1v) is 6.95. The van der Waals surface area contributed by atoms with Gasteiger partial charge in [0.15, 0.2) is 11.6 Å². The van der Waals surface area contributed by atoms with Gasteiger partial charge in [-0.15, -0.1) is 0 Å². The fourth-order valence-electron chi connectivity index (χ4n) is 2.05. The van der Waals surface area contributed by atoms with E-state index in [2.05, 4.69) is 5.32 Å². The standard InChI is InChI=1S/C17H13F2N3O2/c18-13-6-5-12(8-14(13)19)17(24)22-15(16(21)23)7-10-1-3-11(9-20)4-2-10/h1-6,8,15H,7H2,(H2,21,23)(H,22,24)/t15-/m1/s1. The molecule has 0 aromatic heterocycles. The first kappa shape index (κ1) is 17.1. The molecule has 2 aromatic rings. The van der Waals surface area contributed by atoms with Crippen molar-refractivity contribution < 1.29 is 18.4 Å². The lowest BCUT2D eigenvalue weighted by Gasteiger charge is -2.16. The van der Waals surface area contributed by atoms with Gasteiger partial charge in [0.05, 0.1) is 11.6 Å². The maximum absolute atomic E-state index is 13.2. The smallest absolute Gasteiger partial charge is 0.252 e. The van der Waals surface area contributed by atoms with Gasteiger partial charge in [0.1, 0.15) is 6.04 Å². The van der Waals surface area contributed by atoms with Crippen molar-refractivity contribution in [3.63, 3.8) is 0 Å². The van der Waals surface area contributed by atoms with E-state index in [1.807, 2.05) is 6.07 Å². The molecule has 1 atom stereocenters. The van der Waals surface area contributed by atoms with E-state index in [1.54, 1.807) is 24.3 Å². The molecule has 0 aliphatic carbocycles. The van der Waals surface area contributed by atoms with Gasteiger partial charge in [0.25, 0.3) is 5.91 Å². The SMILES string of the molecule is N#Cc1ccc(C[C@@H](NC(=O)c2ccc(F)c(F)c2)C(N)=O)cc1. The normalized spacial score (nSPS) is 11.4. The fourth-order valence-corrected chi connectivity index (χ4v) is 2.05. The van der Waals surface area contributed by atoms with E-state index < -0.39 is 29.5 Å². The van der Waals surface area contributed by atoms with Crippen molar-refractivity contribution in [2.75, 3.05) is 0 Å². The van der Waals surface area contributed by atoms with Crippen LogP contribution < -0.4 is 11.1 Å². The first-order chi connectivity index (χ1) is 11.4. The number of nitrogens with two attached hydrogens (primary N) is 1. The summed E-state index contributed by atoms with van der Waals surface area (Å²) in [4.78, 5) is 23.6. The largest absolute Gasteiger partial charge is 0.368 e. The molecule has 0 radical (unpaired) electrons. The average Bonchev–Trinajstić information content (AvgIpc) is 2.57. The monoisotopic (exact) mass is 329 g/mol. The first-order valence-electron chi connectivity index (χ1n) is 6.95. The minimum Gasteiger partial charge on any atom is -0.368 e. The second-order valence-corrected chi connectivity index (χ2v) is 5.07. The number of rotatable bonds is 5. The Balaban J connectivity index is 2.12. The molecular weight excluding hydrogens is 316 g/mol. The lowest BCUT2D eigenvalue weighted by Crippen LogP contribution is -2.45. The summed E-state index contributed by atoms with van der Waals surface area (Å²) in [6, 6.07) is 10.0. The maximum Gasteiger partial charge on any atom is 0.252 e. The van der Waals surface area contributed by atoms with Crippen molar-refractivity contribution in [3.05, 3.63) is 70.8 Å². The molecule has 0 spiro atoms. The number of halogens is 2. The highest BCUT2D eigenvalue weighted by Gasteiger charge is 2.20. The summed E-state index contributed by atoms with van der Waals surface area (Å²) in [5, 5.41) is 11.1. The number of benzene rings is 2. The molecule has 0 saturated carbocycles. The van der Waals surface area contributed by atoms with Crippen LogP contribution in [0.25, 0.3) is 0 Å². The van der Waals surface area contributed by atoms with Gasteiger partial charge in [-0.05, 0) is 35.9 Å². The minimum atomic E-state index is -1.16. The Hall–Kier alpha value is -3.27. The quantitative estimate of drug-likeness (QED) is 0.873. The summed E-state index contributed by atoms with van der Waals surface area (Å²) in [5.41, 5.74) is 6.30. The third kappa shape index (κ3) is 4.14. The van der Waals surface area contributed by atoms with Gasteiger partial charge in [-0.3, -0.25) is 9.59 Å². The van der Waals surface area contributed by atoms with E-state index in [0.717, 1.165) is 18.2 Å². The summed E-state index contributed by atoms with van der Waals surface area (Å²) in [7, 11) is 0. The highest BCUT2D eigenvalue weighted by atomic mass is 19.2. The van der Waals surface area contributed by atoms with Gasteiger partial charge >= 0.3 is 0 Å². The third-order valence-electron chi connectivity index (χ3n) is 3.35. The third-order valence-corrected chi connectivity index (χ3v) is 3.35. The fraction of sp³-hybridized carbons (Fsp3) is 0.118. The summed E-state index contributed by atoms with van der Waals surface area (Å²) in [6.07, 6.45) is 0.108. The highest BCUT2D eigenvalue weighted by molar-refractivity contribution is 5.97. The zero-order valence-electron chi connectivity index (χ0n) is 12.4. The second-order valence-electron chi connectivity index (χ2n) is 5.07. The molecular formula is C17H13F2N3O2. The van der Waals surface area contributed by atoms with Crippen molar-refractivity contribution >= 4 is 11.8 Å². The Kier molecular flexibility index (Phi) is 5.22. The van der Waals surface area contributed by atoms with Crippen LogP contribution in [0.2, 0.25) is 0 Å². The van der Waals surface area contributed by atoms with Crippen LogP contribution in [0.5, 0.6) is 0 Å². The molecule has 24 heavy (non-hydrogen) atoms. The molecule has 5 nitrogen and oxygen atoms in total. The van der Waals surface area contributed by atoms with Crippen LogP contribution in [0.15, 0.2) is 42.5 Å². The van der Waals surface area contributed by atoms with Crippen molar-refractivity contribution in [3.8, 4) is 6.07 Å². The minimum absolute atomic E-state index is 0.108. The van der Waals surface area contributed by atoms with Crippen molar-refractivity contribution in [2.24, 2.45) is 5.73 Å². The van der Waals surface area contributed by atoms with Crippen LogP contribution in [0.1, 0.15) is 21.5 Å².